The molecule has 28 heavy (non-hydrogen) atoms. The van der Waals surface area contributed by atoms with Gasteiger partial charge in [-0.15, -0.1) is 0 Å². The minimum atomic E-state index is -2.89. The van der Waals surface area contributed by atoms with Crippen molar-refractivity contribution < 1.29 is 23.0 Å². The third-order valence-corrected chi connectivity index (χ3v) is 4.63. The zero-order chi connectivity index (χ0) is 20.1. The van der Waals surface area contributed by atoms with Gasteiger partial charge in [0.25, 0.3) is 5.91 Å². The fourth-order valence-electron chi connectivity index (χ4n) is 3.46. The summed E-state index contributed by atoms with van der Waals surface area (Å²) in [4.78, 5) is 17.1. The third-order valence-electron chi connectivity index (χ3n) is 4.63. The lowest BCUT2D eigenvalue weighted by atomic mass is 9.96. The monoisotopic (exact) mass is 390 g/mol. The normalized spacial score (nSPS) is 19.9. The van der Waals surface area contributed by atoms with E-state index in [1.807, 2.05) is 49.3 Å². The first-order chi connectivity index (χ1) is 13.5. The number of likely N-dealkylation sites (N-methyl/N-ethyl adjacent to an activating group) is 1. The van der Waals surface area contributed by atoms with Crippen LogP contribution in [0.15, 0.2) is 54.6 Å². The number of carbonyl (C=O) groups excluding carboxylic acids is 1. The molecule has 1 amide bonds. The number of halogens is 2. The molecule has 0 radical (unpaired) electrons. The Morgan fingerprint density at radius 2 is 1.86 bits per heavy atom. The second-order valence-corrected chi connectivity index (χ2v) is 6.93. The average molecular weight is 390 g/mol. The molecule has 1 aliphatic heterocycles. The van der Waals surface area contributed by atoms with Crippen molar-refractivity contribution in [3.8, 4) is 5.75 Å². The lowest BCUT2D eigenvalue weighted by Crippen LogP contribution is -2.51. The Kier molecular flexibility index (Phi) is 6.59. The second kappa shape index (κ2) is 9.12. The van der Waals surface area contributed by atoms with Gasteiger partial charge in [-0.25, -0.2) is 0 Å². The maximum atomic E-state index is 13.2. The molecule has 2 atom stereocenters. The molecule has 7 heteroatoms. The number of amides is 1. The largest absolute Gasteiger partial charge is 0.435 e. The molecular formula is C21H24F2N2O3. The highest BCUT2D eigenvalue weighted by atomic mass is 19.3. The van der Waals surface area contributed by atoms with Crippen LogP contribution in [0.25, 0.3) is 0 Å². The van der Waals surface area contributed by atoms with Crippen molar-refractivity contribution in [2.75, 3.05) is 33.8 Å². The number of hydrogen-bond donors (Lipinski definition) is 0. The molecule has 2 aromatic carbocycles. The number of alkyl halides is 2. The van der Waals surface area contributed by atoms with Crippen molar-refractivity contribution in [2.45, 2.75) is 18.8 Å². The average Bonchev–Trinajstić information content (AvgIpc) is 2.67. The van der Waals surface area contributed by atoms with Crippen LogP contribution in [0.5, 0.6) is 5.75 Å². The van der Waals surface area contributed by atoms with Gasteiger partial charge < -0.3 is 19.3 Å². The van der Waals surface area contributed by atoms with Crippen LogP contribution in [-0.2, 0) is 4.74 Å². The maximum absolute atomic E-state index is 13.2. The number of rotatable bonds is 6. The van der Waals surface area contributed by atoms with E-state index in [9.17, 15) is 13.6 Å². The number of carbonyl (C=O) groups is 1. The van der Waals surface area contributed by atoms with E-state index >= 15 is 0 Å². The summed E-state index contributed by atoms with van der Waals surface area (Å²) < 4.78 is 35.0. The van der Waals surface area contributed by atoms with Crippen molar-refractivity contribution in [1.29, 1.82) is 0 Å². The first-order valence-corrected chi connectivity index (χ1v) is 9.13. The van der Waals surface area contributed by atoms with Gasteiger partial charge in [0.15, 0.2) is 0 Å². The van der Waals surface area contributed by atoms with E-state index in [2.05, 4.69) is 4.74 Å². The standard InChI is InChI=1S/C21H24F2N2O3/c1-24(2)14-18-19(15-6-4-3-5-7-15)25(12-13-27-18)20(26)16-8-10-17(11-9-16)28-21(22)23/h3-11,18-19,21H,12-14H2,1-2H3/t18-,19-/m0/s1. The quantitative estimate of drug-likeness (QED) is 0.758. The zero-order valence-corrected chi connectivity index (χ0v) is 15.9. The smallest absolute Gasteiger partial charge is 0.387 e. The Morgan fingerprint density at radius 1 is 1.18 bits per heavy atom. The summed E-state index contributed by atoms with van der Waals surface area (Å²) in [7, 11) is 3.93. The van der Waals surface area contributed by atoms with Crippen molar-refractivity contribution in [1.82, 2.24) is 9.80 Å². The van der Waals surface area contributed by atoms with Crippen LogP contribution < -0.4 is 4.74 Å². The molecule has 0 spiro atoms. The highest BCUT2D eigenvalue weighted by Gasteiger charge is 2.36. The predicted molar refractivity (Wildman–Crippen MR) is 102 cm³/mol. The summed E-state index contributed by atoms with van der Waals surface area (Å²) in [5.74, 6) is -0.136. The number of benzene rings is 2. The molecule has 0 N–H and O–H groups in total. The number of ether oxygens (including phenoxy) is 2. The van der Waals surface area contributed by atoms with Crippen LogP contribution in [0, 0.1) is 0 Å². The lowest BCUT2D eigenvalue weighted by Gasteiger charge is -2.42. The van der Waals surface area contributed by atoms with Crippen LogP contribution >= 0.6 is 0 Å². The van der Waals surface area contributed by atoms with Gasteiger partial charge >= 0.3 is 6.61 Å². The van der Waals surface area contributed by atoms with Gasteiger partial charge in [0.1, 0.15) is 5.75 Å². The van der Waals surface area contributed by atoms with Crippen LogP contribution in [-0.4, -0.2) is 62.2 Å². The molecule has 0 unspecified atom stereocenters. The Hall–Kier alpha value is -2.51. The van der Waals surface area contributed by atoms with Gasteiger partial charge in [-0.2, -0.15) is 8.78 Å². The Bertz CT molecular complexity index is 769. The summed E-state index contributed by atoms with van der Waals surface area (Å²) in [6.07, 6.45) is -0.170. The van der Waals surface area contributed by atoms with Gasteiger partial charge in [-0.1, -0.05) is 30.3 Å². The molecule has 150 valence electrons. The predicted octanol–water partition coefficient (Wildman–Crippen LogP) is 3.43. The summed E-state index contributed by atoms with van der Waals surface area (Å²) >= 11 is 0. The molecule has 1 heterocycles. The second-order valence-electron chi connectivity index (χ2n) is 6.93. The number of nitrogens with zero attached hydrogens (tertiary/aromatic N) is 2. The molecule has 1 fully saturated rings. The van der Waals surface area contributed by atoms with Crippen LogP contribution in [0.2, 0.25) is 0 Å². The molecule has 0 saturated carbocycles. The summed E-state index contributed by atoms with van der Waals surface area (Å²) in [5, 5.41) is 0. The Labute approximate surface area is 163 Å². The molecule has 2 aromatic rings. The lowest BCUT2D eigenvalue weighted by molar-refractivity contribution is -0.0684. The highest BCUT2D eigenvalue weighted by Crippen LogP contribution is 2.31. The van der Waals surface area contributed by atoms with Crippen molar-refractivity contribution in [3.63, 3.8) is 0 Å². The van der Waals surface area contributed by atoms with Gasteiger partial charge in [0, 0.05) is 18.7 Å². The maximum Gasteiger partial charge on any atom is 0.387 e. The van der Waals surface area contributed by atoms with Crippen LogP contribution in [0.4, 0.5) is 8.78 Å². The number of hydrogen-bond acceptors (Lipinski definition) is 4. The van der Waals surface area contributed by atoms with Gasteiger partial charge in [-0.3, -0.25) is 4.79 Å². The van der Waals surface area contributed by atoms with E-state index in [1.54, 1.807) is 4.90 Å². The zero-order valence-electron chi connectivity index (χ0n) is 15.9. The molecule has 1 aliphatic rings. The van der Waals surface area contributed by atoms with E-state index < -0.39 is 6.61 Å². The van der Waals surface area contributed by atoms with E-state index in [0.717, 1.165) is 5.56 Å². The molecule has 3 rings (SSSR count). The van der Waals surface area contributed by atoms with Crippen molar-refractivity contribution in [3.05, 3.63) is 65.7 Å². The molecule has 0 bridgehead atoms. The SMILES string of the molecule is CN(C)C[C@@H]1OCCN(C(=O)c2ccc(OC(F)F)cc2)[C@H]1c1ccccc1. The minimum absolute atomic E-state index is 0.0265. The van der Waals surface area contributed by atoms with E-state index in [0.29, 0.717) is 25.3 Å². The van der Waals surface area contributed by atoms with Crippen LogP contribution in [0.1, 0.15) is 22.0 Å². The topological polar surface area (TPSA) is 42.0 Å². The first kappa shape index (κ1) is 20.2. The minimum Gasteiger partial charge on any atom is -0.435 e. The van der Waals surface area contributed by atoms with Crippen LogP contribution in [0.3, 0.4) is 0 Å². The first-order valence-electron chi connectivity index (χ1n) is 9.13. The highest BCUT2D eigenvalue weighted by molar-refractivity contribution is 5.94. The summed E-state index contributed by atoms with van der Waals surface area (Å²) in [5.41, 5.74) is 1.42. The van der Waals surface area contributed by atoms with Gasteiger partial charge in [-0.05, 0) is 43.9 Å². The summed E-state index contributed by atoms with van der Waals surface area (Å²) in [6, 6.07) is 15.3. The Balaban J connectivity index is 1.87. The van der Waals surface area contributed by atoms with Gasteiger partial charge in [0.2, 0.25) is 0 Å². The third kappa shape index (κ3) is 4.85. The fraction of sp³-hybridized carbons (Fsp3) is 0.381. The van der Waals surface area contributed by atoms with E-state index in [4.69, 9.17) is 4.74 Å². The van der Waals surface area contributed by atoms with Gasteiger partial charge in [0.05, 0.1) is 18.8 Å². The fourth-order valence-corrected chi connectivity index (χ4v) is 3.46. The van der Waals surface area contributed by atoms with Crippen molar-refractivity contribution >= 4 is 5.91 Å². The molecule has 1 saturated heterocycles. The molecule has 0 aliphatic carbocycles. The summed E-state index contributed by atoms with van der Waals surface area (Å²) in [6.45, 7) is -1.32. The molecule has 5 nitrogen and oxygen atoms in total. The van der Waals surface area contributed by atoms with E-state index in [1.165, 1.54) is 24.3 Å². The van der Waals surface area contributed by atoms with E-state index in [-0.39, 0.29) is 23.8 Å². The Morgan fingerprint density at radius 3 is 2.46 bits per heavy atom. The molecular weight excluding hydrogens is 366 g/mol. The van der Waals surface area contributed by atoms with Crippen molar-refractivity contribution in [2.24, 2.45) is 0 Å². The number of morpholine rings is 1. The molecule has 0 aromatic heterocycles.